The van der Waals surface area contributed by atoms with Crippen LogP contribution in [0.4, 0.5) is 0 Å². The number of aromatic nitrogens is 4. The molecular weight excluding hydrogens is 528 g/mol. The topological polar surface area (TPSA) is 126 Å². The molecule has 1 saturated carbocycles. The summed E-state index contributed by atoms with van der Waals surface area (Å²) in [6.45, 7) is 5.86. The standard InChI is InChI=1S/C30H30N4O5S/c1-30(2,3)24(35)16-33-26(36)22-14-23(19-12-13-19)40-27(22)34(29(33)38)15-17-8-10-18(11-9-17)20-6-4-5-7-21(20)25-31-28(37)39-32-25/h4-11,14,19,24,35H,12-13,15-16H2,1-3H3,(H,31,32,37)/p-1. The predicted molar refractivity (Wildman–Crippen MR) is 151 cm³/mol. The quantitative estimate of drug-likeness (QED) is 0.315. The maximum atomic E-state index is 13.7. The fraction of sp³-hybridized carbons (Fsp3) is 0.333. The van der Waals surface area contributed by atoms with Crippen molar-refractivity contribution in [2.24, 2.45) is 5.41 Å². The van der Waals surface area contributed by atoms with Crippen molar-refractivity contribution >= 4 is 21.6 Å². The second-order valence-electron chi connectivity index (χ2n) is 11.4. The van der Waals surface area contributed by atoms with Crippen LogP contribution < -0.4 is 16.4 Å². The number of benzene rings is 2. The van der Waals surface area contributed by atoms with E-state index in [1.54, 1.807) is 4.57 Å². The summed E-state index contributed by atoms with van der Waals surface area (Å²) >= 11 is 1.52. The minimum Gasteiger partial charge on any atom is -0.528 e. The summed E-state index contributed by atoms with van der Waals surface area (Å²) < 4.78 is 7.47. The van der Waals surface area contributed by atoms with Gasteiger partial charge in [-0.05, 0) is 46.9 Å². The number of aliphatic hydroxyl groups excluding tert-OH is 1. The van der Waals surface area contributed by atoms with Gasteiger partial charge in [-0.15, -0.1) is 11.3 Å². The Morgan fingerprint density at radius 1 is 1.07 bits per heavy atom. The van der Waals surface area contributed by atoms with Crippen molar-refractivity contribution in [2.45, 2.75) is 58.7 Å². The van der Waals surface area contributed by atoms with E-state index in [0.29, 0.717) is 21.7 Å². The van der Waals surface area contributed by atoms with Crippen molar-refractivity contribution in [2.75, 3.05) is 0 Å². The van der Waals surface area contributed by atoms with Gasteiger partial charge in [0.2, 0.25) is 0 Å². The molecule has 1 aliphatic carbocycles. The SMILES string of the molecule is CC(C)(C)C(O)Cn1c(=O)c2cc(C3CC3)sc2n(Cc2ccc(-c3ccccc3-c3noc([O-])n3)cc2)c1=O. The molecule has 1 fully saturated rings. The molecule has 1 N–H and O–H groups in total. The second-order valence-corrected chi connectivity index (χ2v) is 12.5. The van der Waals surface area contributed by atoms with Crippen molar-refractivity contribution in [1.82, 2.24) is 19.3 Å². The van der Waals surface area contributed by atoms with Crippen molar-refractivity contribution in [3.05, 3.63) is 85.9 Å². The third-order valence-corrected chi connectivity index (χ3v) is 8.75. The summed E-state index contributed by atoms with van der Waals surface area (Å²) in [5.74, 6) is 0.674. The monoisotopic (exact) mass is 557 g/mol. The molecule has 5 aromatic rings. The summed E-state index contributed by atoms with van der Waals surface area (Å²) in [6, 6.07) is 17.2. The van der Waals surface area contributed by atoms with Crippen LogP contribution in [0.1, 0.15) is 50.0 Å². The molecule has 0 bridgehead atoms. The van der Waals surface area contributed by atoms with Crippen LogP contribution in [0.25, 0.3) is 32.7 Å². The van der Waals surface area contributed by atoms with E-state index in [1.165, 1.54) is 15.9 Å². The smallest absolute Gasteiger partial charge is 0.332 e. The van der Waals surface area contributed by atoms with Crippen LogP contribution >= 0.6 is 11.3 Å². The van der Waals surface area contributed by atoms with Crippen LogP contribution in [0, 0.1) is 5.41 Å². The van der Waals surface area contributed by atoms with Crippen LogP contribution in [-0.4, -0.2) is 30.5 Å². The number of thiophene rings is 1. The lowest BCUT2D eigenvalue weighted by Gasteiger charge is -2.26. The lowest BCUT2D eigenvalue weighted by Crippen LogP contribution is -2.44. The molecule has 206 valence electrons. The van der Waals surface area contributed by atoms with E-state index in [4.69, 9.17) is 0 Å². The molecule has 3 heterocycles. The Labute approximate surface area is 234 Å². The highest BCUT2D eigenvalue weighted by Gasteiger charge is 2.29. The van der Waals surface area contributed by atoms with Crippen molar-refractivity contribution in [1.29, 1.82) is 0 Å². The average molecular weight is 558 g/mol. The molecule has 1 aliphatic rings. The molecule has 2 aromatic carbocycles. The zero-order valence-electron chi connectivity index (χ0n) is 22.5. The van der Waals surface area contributed by atoms with Crippen LogP contribution in [-0.2, 0) is 13.1 Å². The number of fused-ring (bicyclic) bond motifs is 1. The number of nitrogens with zero attached hydrogens (tertiary/aromatic N) is 4. The molecule has 3 aromatic heterocycles. The Kier molecular flexibility index (Phi) is 6.47. The largest absolute Gasteiger partial charge is 0.528 e. The van der Waals surface area contributed by atoms with Crippen LogP contribution in [0.3, 0.4) is 0 Å². The molecule has 0 amide bonds. The lowest BCUT2D eigenvalue weighted by molar-refractivity contribution is -0.303. The molecule has 10 heteroatoms. The molecular formula is C30H29N4O5S-. The summed E-state index contributed by atoms with van der Waals surface area (Å²) in [5.41, 5.74) is 2.03. The summed E-state index contributed by atoms with van der Waals surface area (Å²) in [4.78, 5) is 32.8. The van der Waals surface area contributed by atoms with Crippen LogP contribution in [0.15, 0.2) is 68.7 Å². The number of aliphatic hydroxyl groups is 1. The molecule has 1 atom stereocenters. The average Bonchev–Trinajstić information content (AvgIpc) is 3.54. The third-order valence-electron chi connectivity index (χ3n) is 7.43. The van der Waals surface area contributed by atoms with Gasteiger partial charge in [-0.3, -0.25) is 13.9 Å². The van der Waals surface area contributed by atoms with Gasteiger partial charge in [0.1, 0.15) is 4.83 Å². The molecule has 1 unspecified atom stereocenters. The Bertz CT molecular complexity index is 1820. The van der Waals surface area contributed by atoms with Gasteiger partial charge >= 0.3 is 5.69 Å². The van der Waals surface area contributed by atoms with Gasteiger partial charge in [0.15, 0.2) is 11.9 Å². The summed E-state index contributed by atoms with van der Waals surface area (Å²) in [5, 5.41) is 26.5. The van der Waals surface area contributed by atoms with Gasteiger partial charge in [-0.2, -0.15) is 5.16 Å². The zero-order chi connectivity index (χ0) is 28.2. The Hall–Kier alpha value is -4.02. The zero-order valence-corrected chi connectivity index (χ0v) is 23.3. The van der Waals surface area contributed by atoms with Crippen molar-refractivity contribution < 1.29 is 14.7 Å². The van der Waals surface area contributed by atoms with E-state index in [-0.39, 0.29) is 24.5 Å². The molecule has 0 aliphatic heterocycles. The second kappa shape index (κ2) is 9.87. The van der Waals surface area contributed by atoms with E-state index in [9.17, 15) is 19.8 Å². The first-order chi connectivity index (χ1) is 19.1. The normalized spacial score (nSPS) is 14.6. The molecule has 0 spiro atoms. The van der Waals surface area contributed by atoms with Gasteiger partial charge in [0.25, 0.3) is 5.56 Å². The van der Waals surface area contributed by atoms with Gasteiger partial charge in [-0.1, -0.05) is 69.3 Å². The van der Waals surface area contributed by atoms with Crippen LogP contribution in [0.2, 0.25) is 0 Å². The summed E-state index contributed by atoms with van der Waals surface area (Å²) in [6.07, 6.45) is 0.585. The van der Waals surface area contributed by atoms with E-state index in [0.717, 1.165) is 34.4 Å². The third kappa shape index (κ3) is 4.89. The number of rotatable bonds is 7. The van der Waals surface area contributed by atoms with Gasteiger partial charge in [-0.25, -0.2) is 9.78 Å². The fourth-order valence-corrected chi connectivity index (χ4v) is 6.07. The minimum atomic E-state index is -0.860. The maximum Gasteiger partial charge on any atom is 0.332 e. The minimum absolute atomic E-state index is 0.0669. The molecule has 40 heavy (non-hydrogen) atoms. The predicted octanol–water partition coefficient (Wildman–Crippen LogP) is 4.35. The first kappa shape index (κ1) is 26.2. The van der Waals surface area contributed by atoms with E-state index < -0.39 is 23.3 Å². The summed E-state index contributed by atoms with van der Waals surface area (Å²) in [7, 11) is 0. The molecule has 6 rings (SSSR count). The van der Waals surface area contributed by atoms with Gasteiger partial charge in [0, 0.05) is 10.4 Å². The van der Waals surface area contributed by atoms with E-state index in [2.05, 4.69) is 14.7 Å². The number of hydrogen-bond acceptors (Lipinski definition) is 8. The molecule has 0 saturated heterocycles. The van der Waals surface area contributed by atoms with Gasteiger partial charge in [0.05, 0.1) is 24.6 Å². The first-order valence-electron chi connectivity index (χ1n) is 13.2. The van der Waals surface area contributed by atoms with Crippen molar-refractivity contribution in [3.63, 3.8) is 0 Å². The molecule has 9 nitrogen and oxygen atoms in total. The highest BCUT2D eigenvalue weighted by atomic mass is 32.1. The Balaban J connectivity index is 1.39. The Morgan fingerprint density at radius 2 is 1.77 bits per heavy atom. The highest BCUT2D eigenvalue weighted by molar-refractivity contribution is 7.18. The lowest BCUT2D eigenvalue weighted by atomic mass is 9.89. The fourth-order valence-electron chi connectivity index (χ4n) is 4.76. The van der Waals surface area contributed by atoms with E-state index >= 15 is 0 Å². The number of hydrogen-bond donors (Lipinski definition) is 1. The molecule has 0 radical (unpaired) electrons. The van der Waals surface area contributed by atoms with E-state index in [1.807, 2.05) is 75.4 Å². The maximum absolute atomic E-state index is 13.7. The highest BCUT2D eigenvalue weighted by Crippen LogP contribution is 2.44. The first-order valence-corrected chi connectivity index (χ1v) is 14.1. The van der Waals surface area contributed by atoms with Crippen molar-refractivity contribution in [3.8, 4) is 28.6 Å². The Morgan fingerprint density at radius 3 is 2.40 bits per heavy atom. The van der Waals surface area contributed by atoms with Gasteiger partial charge < -0.3 is 14.7 Å². The van der Waals surface area contributed by atoms with Crippen LogP contribution in [0.5, 0.6) is 6.08 Å².